The fraction of sp³-hybridized carbons (Fsp3) is 0.286. The van der Waals surface area contributed by atoms with Crippen LogP contribution in [0.2, 0.25) is 0 Å². The van der Waals surface area contributed by atoms with Gasteiger partial charge < -0.3 is 5.73 Å². The lowest BCUT2D eigenvalue weighted by Gasteiger charge is -1.85. The van der Waals surface area contributed by atoms with E-state index in [2.05, 4.69) is 11.6 Å². The molecule has 0 fully saturated rings. The van der Waals surface area contributed by atoms with Crippen molar-refractivity contribution in [2.24, 2.45) is 10.7 Å². The van der Waals surface area contributed by atoms with Gasteiger partial charge in [0.15, 0.2) is 0 Å². The Hall–Kier alpha value is -1.05. The molecule has 0 aliphatic rings. The molecule has 0 aromatic carbocycles. The molecule has 9 heavy (non-hydrogen) atoms. The van der Waals surface area contributed by atoms with Gasteiger partial charge in [0.05, 0.1) is 0 Å². The highest BCUT2D eigenvalue weighted by Gasteiger charge is 1.77. The van der Waals surface area contributed by atoms with E-state index in [4.69, 9.17) is 5.73 Å². The van der Waals surface area contributed by atoms with Crippen molar-refractivity contribution in [2.75, 3.05) is 0 Å². The van der Waals surface area contributed by atoms with Crippen molar-refractivity contribution < 1.29 is 0 Å². The predicted octanol–water partition coefficient (Wildman–Crippen LogP) is 1.45. The molecule has 0 aliphatic heterocycles. The van der Waals surface area contributed by atoms with Crippen LogP contribution in [0.1, 0.15) is 13.3 Å². The topological polar surface area (TPSA) is 38.4 Å². The molecule has 50 valence electrons. The lowest BCUT2D eigenvalue weighted by molar-refractivity contribution is 1.19. The Morgan fingerprint density at radius 1 is 1.78 bits per heavy atom. The van der Waals surface area contributed by atoms with Crippen LogP contribution in [0, 0.1) is 0 Å². The second-order valence-electron chi connectivity index (χ2n) is 1.63. The first-order valence-corrected chi connectivity index (χ1v) is 2.89. The number of hydrogen-bond donors (Lipinski definition) is 1. The van der Waals surface area contributed by atoms with Crippen molar-refractivity contribution in [3.63, 3.8) is 0 Å². The van der Waals surface area contributed by atoms with Crippen molar-refractivity contribution in [1.29, 1.82) is 0 Å². The Balaban J connectivity index is 3.57. The minimum Gasteiger partial charge on any atom is -0.403 e. The third-order valence-electron chi connectivity index (χ3n) is 0.883. The van der Waals surface area contributed by atoms with Gasteiger partial charge in [-0.3, -0.25) is 4.99 Å². The van der Waals surface area contributed by atoms with Crippen LogP contribution in [-0.2, 0) is 0 Å². The predicted molar refractivity (Wildman–Crippen MR) is 41.3 cm³/mol. The van der Waals surface area contributed by atoms with E-state index in [9.17, 15) is 0 Å². The maximum Gasteiger partial charge on any atom is 0.0422 e. The van der Waals surface area contributed by atoms with Crippen LogP contribution in [0.4, 0.5) is 0 Å². The third-order valence-corrected chi connectivity index (χ3v) is 0.883. The summed E-state index contributed by atoms with van der Waals surface area (Å²) in [4.78, 5) is 3.83. The zero-order valence-electron chi connectivity index (χ0n) is 5.67. The molecule has 0 aromatic rings. The highest BCUT2D eigenvalue weighted by atomic mass is 14.7. The molecule has 2 N–H and O–H groups in total. The Kier molecular flexibility index (Phi) is 4.50. The van der Waals surface area contributed by atoms with Gasteiger partial charge in [0.1, 0.15) is 0 Å². The highest BCUT2D eigenvalue weighted by molar-refractivity contribution is 5.77. The van der Waals surface area contributed by atoms with Crippen LogP contribution in [-0.4, -0.2) is 6.21 Å². The molecule has 0 aliphatic carbocycles. The van der Waals surface area contributed by atoms with E-state index in [-0.39, 0.29) is 0 Å². The molecule has 0 aromatic heterocycles. The Labute approximate surface area is 55.8 Å². The number of nitrogens with zero attached hydrogens (tertiary/aromatic N) is 1. The molecule has 0 atom stereocenters. The Morgan fingerprint density at radius 2 is 2.44 bits per heavy atom. The third kappa shape index (κ3) is 4.81. The second kappa shape index (κ2) is 5.09. The summed E-state index contributed by atoms with van der Waals surface area (Å²) in [6, 6.07) is 0. The summed E-state index contributed by atoms with van der Waals surface area (Å²) >= 11 is 0. The molecule has 0 rings (SSSR count). The minimum atomic E-state index is 0.932. The van der Waals surface area contributed by atoms with Gasteiger partial charge in [0, 0.05) is 18.6 Å². The first-order chi connectivity index (χ1) is 4.31. The van der Waals surface area contributed by atoms with Crippen molar-refractivity contribution in [3.05, 3.63) is 24.6 Å². The summed E-state index contributed by atoms with van der Waals surface area (Å²) in [5, 5.41) is 0. The molecule has 0 saturated heterocycles. The van der Waals surface area contributed by atoms with Gasteiger partial charge >= 0.3 is 0 Å². The van der Waals surface area contributed by atoms with E-state index in [1.165, 1.54) is 12.4 Å². The van der Waals surface area contributed by atoms with Gasteiger partial charge in [-0.25, -0.2) is 0 Å². The van der Waals surface area contributed by atoms with E-state index < -0.39 is 0 Å². The zero-order valence-corrected chi connectivity index (χ0v) is 5.67. The van der Waals surface area contributed by atoms with Crippen molar-refractivity contribution in [3.8, 4) is 0 Å². The number of allylic oxidation sites excluding steroid dienone is 1. The van der Waals surface area contributed by atoms with E-state index in [1.54, 1.807) is 6.21 Å². The maximum atomic E-state index is 5.03. The molecule has 0 radical (unpaired) electrons. The Morgan fingerprint density at radius 3 is 2.89 bits per heavy atom. The number of aliphatic imine (C=N–C) groups is 1. The largest absolute Gasteiger partial charge is 0.403 e. The molecule has 0 bridgehead atoms. The Bertz CT molecular complexity index is 134. The van der Waals surface area contributed by atoms with E-state index in [0.717, 1.165) is 12.0 Å². The fourth-order valence-electron chi connectivity index (χ4n) is 0.289. The van der Waals surface area contributed by atoms with Crippen LogP contribution < -0.4 is 5.73 Å². The van der Waals surface area contributed by atoms with Crippen LogP contribution in [0.25, 0.3) is 0 Å². The fourth-order valence-corrected chi connectivity index (χ4v) is 0.289. The molecule has 0 saturated carbocycles. The maximum absolute atomic E-state index is 5.03. The quantitative estimate of drug-likeness (QED) is 0.568. The average molecular weight is 124 g/mol. The van der Waals surface area contributed by atoms with E-state index in [0.29, 0.717) is 0 Å². The average Bonchev–Trinajstić information content (AvgIpc) is 1.89. The first-order valence-electron chi connectivity index (χ1n) is 2.89. The molecular weight excluding hydrogens is 112 g/mol. The summed E-state index contributed by atoms with van der Waals surface area (Å²) in [7, 11) is 0. The van der Waals surface area contributed by atoms with Gasteiger partial charge in [-0.1, -0.05) is 13.5 Å². The summed E-state index contributed by atoms with van der Waals surface area (Å²) < 4.78 is 0. The smallest absolute Gasteiger partial charge is 0.0422 e. The van der Waals surface area contributed by atoms with Gasteiger partial charge in [-0.15, -0.1) is 0 Å². The second-order valence-corrected chi connectivity index (χ2v) is 1.63. The summed E-state index contributed by atoms with van der Waals surface area (Å²) in [5.41, 5.74) is 6.04. The van der Waals surface area contributed by atoms with E-state index in [1.807, 2.05) is 6.92 Å². The summed E-state index contributed by atoms with van der Waals surface area (Å²) in [6.07, 6.45) is 5.55. The normalized spacial score (nSPS) is 11.2. The van der Waals surface area contributed by atoms with Gasteiger partial charge in [0.2, 0.25) is 0 Å². The summed E-state index contributed by atoms with van der Waals surface area (Å²) in [5.74, 6) is 0. The van der Waals surface area contributed by atoms with Gasteiger partial charge in [0.25, 0.3) is 0 Å². The highest BCUT2D eigenvalue weighted by Crippen LogP contribution is 1.90. The SMILES string of the molecule is C=C(C=N/C=C\N)CC. The lowest BCUT2D eigenvalue weighted by atomic mass is 10.3. The first kappa shape index (κ1) is 7.95. The van der Waals surface area contributed by atoms with Crippen LogP contribution >= 0.6 is 0 Å². The molecule has 0 spiro atoms. The molecule has 2 nitrogen and oxygen atoms in total. The molecule has 2 heteroatoms. The number of nitrogens with two attached hydrogens (primary N) is 1. The monoisotopic (exact) mass is 124 g/mol. The molecule has 0 heterocycles. The van der Waals surface area contributed by atoms with E-state index >= 15 is 0 Å². The van der Waals surface area contributed by atoms with Gasteiger partial charge in [-0.05, 0) is 12.0 Å². The standard InChI is InChI=1S/C7H12N2/c1-3-7(2)6-9-5-4-8/h4-6H,2-3,8H2,1H3/b5-4-,9-6?. The molecule has 0 amide bonds. The number of rotatable bonds is 3. The lowest BCUT2D eigenvalue weighted by Crippen LogP contribution is -1.78. The van der Waals surface area contributed by atoms with Crippen LogP contribution in [0.5, 0.6) is 0 Å². The minimum absolute atomic E-state index is 0.932. The van der Waals surface area contributed by atoms with Gasteiger partial charge in [-0.2, -0.15) is 0 Å². The van der Waals surface area contributed by atoms with Crippen LogP contribution in [0.3, 0.4) is 0 Å². The molecular formula is C7H12N2. The number of hydrogen-bond acceptors (Lipinski definition) is 2. The van der Waals surface area contributed by atoms with Crippen molar-refractivity contribution in [1.82, 2.24) is 0 Å². The summed E-state index contributed by atoms with van der Waals surface area (Å²) in [6.45, 7) is 5.75. The molecule has 0 unspecified atom stereocenters. The van der Waals surface area contributed by atoms with Crippen LogP contribution in [0.15, 0.2) is 29.5 Å². The van der Waals surface area contributed by atoms with Crippen molar-refractivity contribution in [2.45, 2.75) is 13.3 Å². The van der Waals surface area contributed by atoms with Crippen molar-refractivity contribution >= 4 is 6.21 Å². The zero-order chi connectivity index (χ0) is 7.11.